The molecule has 0 fully saturated rings. The molecular weight excluding hydrogens is 327 g/mol. The zero-order valence-corrected chi connectivity index (χ0v) is 13.7. The number of methoxy groups -OCH3 is 2. The molecule has 0 unspecified atom stereocenters. The molecule has 2 aromatic rings. The van der Waals surface area contributed by atoms with Gasteiger partial charge in [0.05, 0.1) is 19.2 Å². The summed E-state index contributed by atoms with van der Waals surface area (Å²) in [5.41, 5.74) is 1.44. The first-order valence-corrected chi connectivity index (χ1v) is 7.08. The van der Waals surface area contributed by atoms with Crippen LogP contribution in [0.4, 0.5) is 5.69 Å². The summed E-state index contributed by atoms with van der Waals surface area (Å²) in [6, 6.07) is 6.47. The fraction of sp³-hybridized carbons (Fsp3) is 0.200. The Bertz CT molecular complexity index is 720. The standard InChI is InChI=1S/C15H14Cl2N2O3/c1-8-6-11(21-2)12(22-3)7-10(8)18-15(20)14-9(16)4-5-13(17)19-14/h4-7H,1-3H3,(H,18,20). The minimum absolute atomic E-state index is 0.0587. The minimum Gasteiger partial charge on any atom is -0.493 e. The summed E-state index contributed by atoms with van der Waals surface area (Å²) in [5, 5.41) is 3.16. The van der Waals surface area contributed by atoms with E-state index in [0.29, 0.717) is 17.2 Å². The molecule has 2 rings (SSSR count). The molecule has 7 heteroatoms. The number of halogens is 2. The molecular formula is C15H14Cl2N2O3. The molecule has 1 N–H and O–H groups in total. The van der Waals surface area contributed by atoms with Crippen LogP contribution in [0.5, 0.6) is 11.5 Å². The Morgan fingerprint density at radius 1 is 1.14 bits per heavy atom. The summed E-state index contributed by atoms with van der Waals surface area (Å²) >= 11 is 11.8. The van der Waals surface area contributed by atoms with Gasteiger partial charge < -0.3 is 14.8 Å². The molecule has 0 atom stereocenters. The lowest BCUT2D eigenvalue weighted by molar-refractivity contribution is 0.102. The average molecular weight is 341 g/mol. The summed E-state index contributed by atoms with van der Waals surface area (Å²) in [6.45, 7) is 1.84. The Morgan fingerprint density at radius 2 is 1.77 bits per heavy atom. The molecule has 1 heterocycles. The molecule has 1 aromatic heterocycles. The Balaban J connectivity index is 2.34. The van der Waals surface area contributed by atoms with Gasteiger partial charge in [-0.1, -0.05) is 23.2 Å². The van der Waals surface area contributed by atoms with E-state index in [1.165, 1.54) is 19.2 Å². The molecule has 22 heavy (non-hydrogen) atoms. The molecule has 116 valence electrons. The maximum atomic E-state index is 12.3. The van der Waals surface area contributed by atoms with Crippen molar-refractivity contribution in [2.75, 3.05) is 19.5 Å². The first kappa shape index (κ1) is 16.4. The van der Waals surface area contributed by atoms with Crippen molar-refractivity contribution in [3.05, 3.63) is 45.7 Å². The summed E-state index contributed by atoms with van der Waals surface area (Å²) in [7, 11) is 3.07. The number of amides is 1. The highest BCUT2D eigenvalue weighted by Gasteiger charge is 2.16. The maximum Gasteiger partial charge on any atom is 0.275 e. The molecule has 0 saturated carbocycles. The minimum atomic E-state index is -0.456. The van der Waals surface area contributed by atoms with Crippen LogP contribution < -0.4 is 14.8 Å². The van der Waals surface area contributed by atoms with E-state index in [-0.39, 0.29) is 15.9 Å². The van der Waals surface area contributed by atoms with Crippen LogP contribution in [0.15, 0.2) is 24.3 Å². The zero-order valence-electron chi connectivity index (χ0n) is 12.2. The number of ether oxygens (including phenoxy) is 2. The number of nitrogens with zero attached hydrogens (tertiary/aromatic N) is 1. The Hall–Kier alpha value is -1.98. The second kappa shape index (κ2) is 6.85. The van der Waals surface area contributed by atoms with E-state index in [1.54, 1.807) is 19.2 Å². The lowest BCUT2D eigenvalue weighted by Crippen LogP contribution is -2.15. The monoisotopic (exact) mass is 340 g/mol. The summed E-state index contributed by atoms with van der Waals surface area (Å²) in [4.78, 5) is 16.2. The van der Waals surface area contributed by atoms with E-state index in [4.69, 9.17) is 32.7 Å². The lowest BCUT2D eigenvalue weighted by Gasteiger charge is -2.13. The Kier molecular flexibility index (Phi) is 5.11. The number of rotatable bonds is 4. The van der Waals surface area contributed by atoms with Crippen LogP contribution in [0.1, 0.15) is 16.1 Å². The number of anilines is 1. The fourth-order valence-electron chi connectivity index (χ4n) is 1.87. The highest BCUT2D eigenvalue weighted by Crippen LogP contribution is 2.33. The van der Waals surface area contributed by atoms with E-state index in [9.17, 15) is 4.79 Å². The predicted octanol–water partition coefficient (Wildman–Crippen LogP) is 3.97. The normalized spacial score (nSPS) is 10.2. The van der Waals surface area contributed by atoms with Gasteiger partial charge >= 0.3 is 0 Å². The van der Waals surface area contributed by atoms with Gasteiger partial charge in [0.1, 0.15) is 10.8 Å². The predicted molar refractivity (Wildman–Crippen MR) is 86.5 cm³/mol. The van der Waals surface area contributed by atoms with E-state index in [0.717, 1.165) is 5.56 Å². The highest BCUT2D eigenvalue weighted by atomic mass is 35.5. The molecule has 1 aromatic carbocycles. The van der Waals surface area contributed by atoms with Crippen LogP contribution in [-0.2, 0) is 0 Å². The quantitative estimate of drug-likeness (QED) is 0.855. The van der Waals surface area contributed by atoms with E-state index in [2.05, 4.69) is 10.3 Å². The number of aryl methyl sites for hydroxylation is 1. The van der Waals surface area contributed by atoms with Gasteiger partial charge in [0, 0.05) is 11.8 Å². The average Bonchev–Trinajstić information content (AvgIpc) is 2.51. The van der Waals surface area contributed by atoms with Crippen LogP contribution in [0, 0.1) is 6.92 Å². The second-order valence-electron chi connectivity index (χ2n) is 4.44. The summed E-state index contributed by atoms with van der Waals surface area (Å²) < 4.78 is 10.4. The van der Waals surface area contributed by atoms with E-state index < -0.39 is 5.91 Å². The van der Waals surface area contributed by atoms with Gasteiger partial charge in [0.2, 0.25) is 0 Å². The largest absolute Gasteiger partial charge is 0.493 e. The van der Waals surface area contributed by atoms with Gasteiger partial charge in [0.25, 0.3) is 5.91 Å². The highest BCUT2D eigenvalue weighted by molar-refractivity contribution is 6.35. The fourth-order valence-corrected chi connectivity index (χ4v) is 2.21. The van der Waals surface area contributed by atoms with Crippen molar-refractivity contribution in [2.24, 2.45) is 0 Å². The van der Waals surface area contributed by atoms with Crippen molar-refractivity contribution in [3.63, 3.8) is 0 Å². The van der Waals surface area contributed by atoms with Crippen molar-refractivity contribution in [1.29, 1.82) is 0 Å². The molecule has 0 aliphatic rings. The van der Waals surface area contributed by atoms with Gasteiger partial charge in [-0.3, -0.25) is 4.79 Å². The Labute approximate surface area is 138 Å². The number of pyridine rings is 1. The van der Waals surface area contributed by atoms with E-state index >= 15 is 0 Å². The van der Waals surface area contributed by atoms with Crippen molar-refractivity contribution < 1.29 is 14.3 Å². The van der Waals surface area contributed by atoms with Gasteiger partial charge in [-0.05, 0) is 30.7 Å². The topological polar surface area (TPSA) is 60.5 Å². The maximum absolute atomic E-state index is 12.3. The molecule has 0 aliphatic heterocycles. The van der Waals surface area contributed by atoms with Crippen LogP contribution >= 0.6 is 23.2 Å². The van der Waals surface area contributed by atoms with Gasteiger partial charge in [-0.25, -0.2) is 4.98 Å². The number of nitrogens with one attached hydrogen (secondary N) is 1. The van der Waals surface area contributed by atoms with E-state index in [1.807, 2.05) is 6.92 Å². The molecule has 0 spiro atoms. The Morgan fingerprint density at radius 3 is 2.41 bits per heavy atom. The summed E-state index contributed by atoms with van der Waals surface area (Å²) in [6.07, 6.45) is 0. The van der Waals surface area contributed by atoms with Crippen LogP contribution in [0.2, 0.25) is 10.2 Å². The van der Waals surface area contributed by atoms with Crippen LogP contribution in [0.3, 0.4) is 0 Å². The number of carbonyl (C=O) groups excluding carboxylic acids is 1. The van der Waals surface area contributed by atoms with Crippen molar-refractivity contribution in [3.8, 4) is 11.5 Å². The third-order valence-corrected chi connectivity index (χ3v) is 3.52. The molecule has 0 saturated heterocycles. The first-order chi connectivity index (χ1) is 10.5. The second-order valence-corrected chi connectivity index (χ2v) is 5.24. The number of aromatic nitrogens is 1. The number of carbonyl (C=O) groups is 1. The SMILES string of the molecule is COc1cc(C)c(NC(=O)c2nc(Cl)ccc2Cl)cc1OC. The lowest BCUT2D eigenvalue weighted by atomic mass is 10.1. The third-order valence-electron chi connectivity index (χ3n) is 3.01. The zero-order chi connectivity index (χ0) is 16.3. The summed E-state index contributed by atoms with van der Waals surface area (Å²) in [5.74, 6) is 0.633. The first-order valence-electron chi connectivity index (χ1n) is 6.32. The van der Waals surface area contributed by atoms with Gasteiger partial charge in [0.15, 0.2) is 11.5 Å². The molecule has 0 aliphatic carbocycles. The van der Waals surface area contributed by atoms with Crippen molar-refractivity contribution in [1.82, 2.24) is 4.98 Å². The van der Waals surface area contributed by atoms with Crippen LogP contribution in [-0.4, -0.2) is 25.1 Å². The van der Waals surface area contributed by atoms with Crippen LogP contribution in [0.25, 0.3) is 0 Å². The molecule has 1 amide bonds. The number of benzene rings is 1. The number of hydrogen-bond donors (Lipinski definition) is 1. The molecule has 0 radical (unpaired) electrons. The third kappa shape index (κ3) is 3.43. The molecule has 5 nitrogen and oxygen atoms in total. The van der Waals surface area contributed by atoms with Gasteiger partial charge in [-0.2, -0.15) is 0 Å². The number of hydrogen-bond acceptors (Lipinski definition) is 4. The smallest absolute Gasteiger partial charge is 0.275 e. The van der Waals surface area contributed by atoms with Gasteiger partial charge in [-0.15, -0.1) is 0 Å². The molecule has 0 bridgehead atoms. The van der Waals surface area contributed by atoms with Crippen molar-refractivity contribution >= 4 is 34.8 Å². The van der Waals surface area contributed by atoms with Crippen molar-refractivity contribution in [2.45, 2.75) is 6.92 Å².